The van der Waals surface area contributed by atoms with Crippen molar-refractivity contribution in [1.29, 1.82) is 0 Å². The van der Waals surface area contributed by atoms with Crippen LogP contribution in [0.25, 0.3) is 0 Å². The summed E-state index contributed by atoms with van der Waals surface area (Å²) >= 11 is 2.21. The summed E-state index contributed by atoms with van der Waals surface area (Å²) in [6, 6.07) is 7.79. The lowest BCUT2D eigenvalue weighted by molar-refractivity contribution is -0.139. The van der Waals surface area contributed by atoms with Gasteiger partial charge in [0.25, 0.3) is 0 Å². The van der Waals surface area contributed by atoms with Gasteiger partial charge in [0.1, 0.15) is 0 Å². The first-order valence-electron chi connectivity index (χ1n) is 4.67. The molecule has 1 aliphatic rings. The monoisotopic (exact) mass is 302 g/mol. The van der Waals surface area contributed by atoms with E-state index < -0.39 is 5.97 Å². The second-order valence-corrected chi connectivity index (χ2v) is 4.95. The molecule has 2 rings (SSSR count). The molecule has 0 aliphatic heterocycles. The van der Waals surface area contributed by atoms with Crippen molar-refractivity contribution in [3.63, 3.8) is 0 Å². The average Bonchev–Trinajstić information content (AvgIpc) is 2.88. The quantitative estimate of drug-likeness (QED) is 0.872. The van der Waals surface area contributed by atoms with Crippen LogP contribution < -0.4 is 0 Å². The lowest BCUT2D eigenvalue weighted by Crippen LogP contribution is -2.13. The molecule has 1 N–H and O–H groups in total. The lowest BCUT2D eigenvalue weighted by Gasteiger charge is -2.11. The molecule has 0 heterocycles. The number of benzene rings is 1. The third kappa shape index (κ3) is 2.08. The van der Waals surface area contributed by atoms with Crippen LogP contribution in [0.4, 0.5) is 0 Å². The number of rotatable bonds is 3. The van der Waals surface area contributed by atoms with Crippen molar-refractivity contribution in [2.24, 2.45) is 5.92 Å². The molecule has 0 amide bonds. The smallest absolute Gasteiger partial charge is 0.311 e. The number of halogens is 1. The summed E-state index contributed by atoms with van der Waals surface area (Å²) < 4.78 is 1.10. The molecular weight excluding hydrogens is 291 g/mol. The van der Waals surface area contributed by atoms with E-state index in [2.05, 4.69) is 22.6 Å². The van der Waals surface area contributed by atoms with Crippen LogP contribution in [0.5, 0.6) is 0 Å². The molecule has 1 aromatic rings. The normalized spacial score (nSPS) is 17.8. The van der Waals surface area contributed by atoms with Gasteiger partial charge in [-0.2, -0.15) is 0 Å². The highest BCUT2D eigenvalue weighted by Gasteiger charge is 2.37. The molecule has 0 spiro atoms. The Kier molecular flexibility index (Phi) is 2.76. The Morgan fingerprint density at radius 1 is 1.50 bits per heavy atom. The minimum Gasteiger partial charge on any atom is -0.481 e. The summed E-state index contributed by atoms with van der Waals surface area (Å²) in [5, 5.41) is 9.13. The molecule has 74 valence electrons. The molecule has 3 heteroatoms. The number of hydrogen-bond acceptors (Lipinski definition) is 1. The van der Waals surface area contributed by atoms with Gasteiger partial charge in [-0.3, -0.25) is 4.79 Å². The van der Waals surface area contributed by atoms with Gasteiger partial charge in [-0.05, 0) is 59.0 Å². The van der Waals surface area contributed by atoms with Gasteiger partial charge >= 0.3 is 5.97 Å². The molecule has 1 aliphatic carbocycles. The summed E-state index contributed by atoms with van der Waals surface area (Å²) in [4.78, 5) is 11.1. The van der Waals surface area contributed by atoms with E-state index in [0.717, 1.165) is 22.0 Å². The van der Waals surface area contributed by atoms with E-state index >= 15 is 0 Å². The Morgan fingerprint density at radius 2 is 2.21 bits per heavy atom. The van der Waals surface area contributed by atoms with E-state index in [1.807, 2.05) is 24.3 Å². The standard InChI is InChI=1S/C11H11IO2/c12-9-3-1-2-8(6-9)10(11(13)14)7-4-5-7/h1-3,6-7,10H,4-5H2,(H,13,14). The van der Waals surface area contributed by atoms with Crippen molar-refractivity contribution < 1.29 is 9.90 Å². The van der Waals surface area contributed by atoms with Crippen LogP contribution >= 0.6 is 22.6 Å². The topological polar surface area (TPSA) is 37.3 Å². The van der Waals surface area contributed by atoms with Gasteiger partial charge in [0.2, 0.25) is 0 Å². The zero-order chi connectivity index (χ0) is 10.1. The number of carboxylic acid groups (broad SMARTS) is 1. The molecule has 2 nitrogen and oxygen atoms in total. The van der Waals surface area contributed by atoms with Crippen molar-refractivity contribution in [1.82, 2.24) is 0 Å². The van der Waals surface area contributed by atoms with E-state index in [0.29, 0.717) is 5.92 Å². The van der Waals surface area contributed by atoms with Crippen molar-refractivity contribution >= 4 is 28.6 Å². The zero-order valence-electron chi connectivity index (χ0n) is 7.61. The Bertz CT molecular complexity index is 358. The maximum absolute atomic E-state index is 11.1. The molecule has 14 heavy (non-hydrogen) atoms. The highest BCUT2D eigenvalue weighted by Crippen LogP contribution is 2.42. The minimum absolute atomic E-state index is 0.287. The third-order valence-electron chi connectivity index (χ3n) is 2.57. The second-order valence-electron chi connectivity index (χ2n) is 3.71. The van der Waals surface area contributed by atoms with Crippen LogP contribution in [0, 0.1) is 9.49 Å². The van der Waals surface area contributed by atoms with Crippen LogP contribution in [-0.4, -0.2) is 11.1 Å². The predicted octanol–water partition coefficient (Wildman–Crippen LogP) is 2.87. The number of carboxylic acids is 1. The number of hydrogen-bond donors (Lipinski definition) is 1. The molecule has 1 aromatic carbocycles. The van der Waals surface area contributed by atoms with Crippen LogP contribution in [0.15, 0.2) is 24.3 Å². The summed E-state index contributed by atoms with van der Waals surface area (Å²) in [7, 11) is 0. The van der Waals surface area contributed by atoms with Crippen molar-refractivity contribution in [2.45, 2.75) is 18.8 Å². The molecule has 1 saturated carbocycles. The average molecular weight is 302 g/mol. The van der Waals surface area contributed by atoms with E-state index in [1.165, 1.54) is 0 Å². The summed E-state index contributed by atoms with van der Waals surface area (Å²) in [6.07, 6.45) is 2.12. The van der Waals surface area contributed by atoms with Crippen molar-refractivity contribution in [3.05, 3.63) is 33.4 Å². The molecule has 0 bridgehead atoms. The predicted molar refractivity (Wildman–Crippen MR) is 62.3 cm³/mol. The van der Waals surface area contributed by atoms with E-state index in [1.54, 1.807) is 0 Å². The zero-order valence-corrected chi connectivity index (χ0v) is 9.77. The SMILES string of the molecule is O=C(O)C(c1cccc(I)c1)C1CC1. The molecule has 0 saturated heterocycles. The van der Waals surface area contributed by atoms with Gasteiger partial charge in [-0.1, -0.05) is 12.1 Å². The van der Waals surface area contributed by atoms with Crippen molar-refractivity contribution in [2.75, 3.05) is 0 Å². The molecule has 1 atom stereocenters. The largest absolute Gasteiger partial charge is 0.481 e. The highest BCUT2D eigenvalue weighted by atomic mass is 127. The Hall–Kier alpha value is -0.580. The molecule has 0 radical (unpaired) electrons. The Labute approximate surface area is 96.5 Å². The van der Waals surface area contributed by atoms with E-state index in [-0.39, 0.29) is 5.92 Å². The first kappa shape index (κ1) is 9.96. The highest BCUT2D eigenvalue weighted by molar-refractivity contribution is 14.1. The molecular formula is C11H11IO2. The van der Waals surface area contributed by atoms with Gasteiger partial charge in [-0.15, -0.1) is 0 Å². The fourth-order valence-electron chi connectivity index (χ4n) is 1.75. The Balaban J connectivity index is 2.30. The van der Waals surface area contributed by atoms with Gasteiger partial charge in [0, 0.05) is 3.57 Å². The van der Waals surface area contributed by atoms with Gasteiger partial charge < -0.3 is 5.11 Å². The van der Waals surface area contributed by atoms with Crippen LogP contribution in [-0.2, 0) is 4.79 Å². The number of carbonyl (C=O) groups is 1. The van der Waals surface area contributed by atoms with Gasteiger partial charge in [0.05, 0.1) is 5.92 Å². The summed E-state index contributed by atoms with van der Waals surface area (Å²) in [5.41, 5.74) is 0.951. The fraction of sp³-hybridized carbons (Fsp3) is 0.364. The van der Waals surface area contributed by atoms with Crippen molar-refractivity contribution in [3.8, 4) is 0 Å². The summed E-state index contributed by atoms with van der Waals surface area (Å²) in [6.45, 7) is 0. The second kappa shape index (κ2) is 3.88. The molecule has 1 unspecified atom stereocenters. The number of aliphatic carboxylic acids is 1. The molecule has 0 aromatic heterocycles. The first-order chi connectivity index (χ1) is 6.68. The maximum atomic E-state index is 11.1. The van der Waals surface area contributed by atoms with Crippen LogP contribution in [0.2, 0.25) is 0 Å². The van der Waals surface area contributed by atoms with Crippen LogP contribution in [0.1, 0.15) is 24.3 Å². The minimum atomic E-state index is -0.686. The van der Waals surface area contributed by atoms with Gasteiger partial charge in [0.15, 0.2) is 0 Å². The molecule has 1 fully saturated rings. The summed E-state index contributed by atoms with van der Waals surface area (Å²) in [5.74, 6) is -0.607. The van der Waals surface area contributed by atoms with Gasteiger partial charge in [-0.25, -0.2) is 0 Å². The maximum Gasteiger partial charge on any atom is 0.311 e. The van der Waals surface area contributed by atoms with E-state index in [4.69, 9.17) is 5.11 Å². The fourth-order valence-corrected chi connectivity index (χ4v) is 2.31. The van der Waals surface area contributed by atoms with E-state index in [9.17, 15) is 4.79 Å². The first-order valence-corrected chi connectivity index (χ1v) is 5.74. The van der Waals surface area contributed by atoms with Crippen LogP contribution in [0.3, 0.4) is 0 Å². The lowest BCUT2D eigenvalue weighted by atomic mass is 9.94. The third-order valence-corrected chi connectivity index (χ3v) is 3.24. The Morgan fingerprint density at radius 3 is 2.71 bits per heavy atom.